The number of hydrogen-bond acceptors (Lipinski definition) is 2. The van der Waals surface area contributed by atoms with Gasteiger partial charge in [-0.3, -0.25) is 4.79 Å². The van der Waals surface area contributed by atoms with Crippen LogP contribution >= 0.6 is 0 Å². The number of aldehydes is 1. The number of rotatable bonds is 3. The van der Waals surface area contributed by atoms with E-state index < -0.39 is 0 Å². The Balaban J connectivity index is 2.26. The molecule has 0 unspecified atom stereocenters. The zero-order valence-corrected chi connectivity index (χ0v) is 9.01. The molecule has 0 heterocycles. The van der Waals surface area contributed by atoms with Crippen molar-refractivity contribution in [3.05, 3.63) is 59.7 Å². The Morgan fingerprint density at radius 2 is 1.69 bits per heavy atom. The van der Waals surface area contributed by atoms with Crippen LogP contribution < -0.4 is 4.74 Å². The van der Waals surface area contributed by atoms with E-state index in [0.717, 1.165) is 12.0 Å². The van der Waals surface area contributed by atoms with Crippen LogP contribution in [0.3, 0.4) is 0 Å². The average Bonchev–Trinajstić information content (AvgIpc) is 2.33. The van der Waals surface area contributed by atoms with Crippen molar-refractivity contribution in [1.82, 2.24) is 0 Å². The normalized spacial score (nSPS) is 9.81. The minimum atomic E-state index is 0.558. The second kappa shape index (κ2) is 4.62. The van der Waals surface area contributed by atoms with E-state index in [9.17, 15) is 4.79 Å². The highest BCUT2D eigenvalue weighted by molar-refractivity contribution is 5.79. The van der Waals surface area contributed by atoms with Crippen molar-refractivity contribution in [3.63, 3.8) is 0 Å². The van der Waals surface area contributed by atoms with E-state index in [1.807, 2.05) is 43.3 Å². The topological polar surface area (TPSA) is 26.3 Å². The summed E-state index contributed by atoms with van der Waals surface area (Å²) in [6.07, 6.45) is 0.795. The van der Waals surface area contributed by atoms with E-state index in [1.165, 1.54) is 5.56 Å². The lowest BCUT2D eigenvalue weighted by Gasteiger charge is -2.07. The predicted octanol–water partition coefficient (Wildman–Crippen LogP) is 3.60. The number of hydrogen-bond donors (Lipinski definition) is 0. The molecule has 0 N–H and O–H groups in total. The molecule has 0 aliphatic heterocycles. The van der Waals surface area contributed by atoms with Crippen molar-refractivity contribution in [3.8, 4) is 11.5 Å². The van der Waals surface area contributed by atoms with E-state index in [2.05, 4.69) is 0 Å². The molecule has 2 nitrogen and oxygen atoms in total. The molecule has 0 aromatic heterocycles. The van der Waals surface area contributed by atoms with Gasteiger partial charge in [0.25, 0.3) is 0 Å². The summed E-state index contributed by atoms with van der Waals surface area (Å²) in [5, 5.41) is 0. The van der Waals surface area contributed by atoms with E-state index in [0.29, 0.717) is 11.3 Å². The third-order valence-corrected chi connectivity index (χ3v) is 2.29. The molecular formula is C14H12O2. The second-order valence-corrected chi connectivity index (χ2v) is 3.57. The van der Waals surface area contributed by atoms with Gasteiger partial charge in [-0.25, -0.2) is 0 Å². The molecule has 2 aromatic rings. The lowest BCUT2D eigenvalue weighted by molar-refractivity contribution is 0.112. The predicted molar refractivity (Wildman–Crippen MR) is 63.1 cm³/mol. The van der Waals surface area contributed by atoms with Crippen molar-refractivity contribution in [2.24, 2.45) is 0 Å². The maximum atomic E-state index is 10.8. The van der Waals surface area contributed by atoms with Crippen molar-refractivity contribution in [1.29, 1.82) is 0 Å². The standard InChI is InChI=1S/C14H12O2/c1-11-6-8-13(9-7-11)16-14-5-3-2-4-12(14)10-15/h2-10H,1H3. The molecule has 0 atom stereocenters. The van der Waals surface area contributed by atoms with Crippen LogP contribution in [-0.2, 0) is 0 Å². The maximum Gasteiger partial charge on any atom is 0.153 e. The number of aryl methyl sites for hydroxylation is 1. The van der Waals surface area contributed by atoms with Gasteiger partial charge in [-0.15, -0.1) is 0 Å². The molecule has 2 rings (SSSR count). The Morgan fingerprint density at radius 1 is 1.00 bits per heavy atom. The third-order valence-electron chi connectivity index (χ3n) is 2.29. The molecule has 0 bridgehead atoms. The summed E-state index contributed by atoms with van der Waals surface area (Å²) in [5.41, 5.74) is 1.74. The van der Waals surface area contributed by atoms with Crippen molar-refractivity contribution in [2.45, 2.75) is 6.92 Å². The van der Waals surface area contributed by atoms with Crippen LogP contribution in [0.4, 0.5) is 0 Å². The fourth-order valence-corrected chi connectivity index (χ4v) is 1.40. The van der Waals surface area contributed by atoms with Crippen LogP contribution in [0.1, 0.15) is 15.9 Å². The summed E-state index contributed by atoms with van der Waals surface area (Å²) in [5.74, 6) is 1.32. The molecule has 0 radical (unpaired) electrons. The third kappa shape index (κ3) is 2.28. The van der Waals surface area contributed by atoms with Crippen LogP contribution in [0.2, 0.25) is 0 Å². The molecule has 0 aliphatic carbocycles. The fraction of sp³-hybridized carbons (Fsp3) is 0.0714. The van der Waals surface area contributed by atoms with Crippen molar-refractivity contribution in [2.75, 3.05) is 0 Å². The molecule has 2 aromatic carbocycles. The number of para-hydroxylation sites is 1. The Bertz CT molecular complexity index is 486. The molecule has 16 heavy (non-hydrogen) atoms. The van der Waals surface area contributed by atoms with Crippen LogP contribution in [0.5, 0.6) is 11.5 Å². The van der Waals surface area contributed by atoms with Crippen LogP contribution in [0, 0.1) is 6.92 Å². The maximum absolute atomic E-state index is 10.8. The number of ether oxygens (including phenoxy) is 1. The largest absolute Gasteiger partial charge is 0.457 e. The molecule has 0 fully saturated rings. The quantitative estimate of drug-likeness (QED) is 0.726. The summed E-state index contributed by atoms with van der Waals surface area (Å²) in [6, 6.07) is 14.9. The number of benzene rings is 2. The van der Waals surface area contributed by atoms with E-state index >= 15 is 0 Å². The number of carbonyl (C=O) groups is 1. The summed E-state index contributed by atoms with van der Waals surface area (Å²) >= 11 is 0. The summed E-state index contributed by atoms with van der Waals surface area (Å²) in [7, 11) is 0. The first-order valence-electron chi connectivity index (χ1n) is 5.08. The molecule has 0 spiro atoms. The molecule has 0 saturated carbocycles. The zero-order valence-electron chi connectivity index (χ0n) is 9.01. The Labute approximate surface area is 94.5 Å². The first kappa shape index (κ1) is 10.4. The van der Waals surface area contributed by atoms with Gasteiger partial charge in [0, 0.05) is 0 Å². The van der Waals surface area contributed by atoms with Gasteiger partial charge in [0.1, 0.15) is 11.5 Å². The summed E-state index contributed by atoms with van der Waals surface area (Å²) in [6.45, 7) is 2.02. The molecule has 80 valence electrons. The molecule has 2 heteroatoms. The first-order chi connectivity index (χ1) is 7.79. The molecule has 0 aliphatic rings. The molecule has 0 amide bonds. The zero-order chi connectivity index (χ0) is 11.4. The average molecular weight is 212 g/mol. The van der Waals surface area contributed by atoms with Gasteiger partial charge in [0.05, 0.1) is 5.56 Å². The summed E-state index contributed by atoms with van der Waals surface area (Å²) in [4.78, 5) is 10.8. The number of carbonyl (C=O) groups excluding carboxylic acids is 1. The van der Waals surface area contributed by atoms with Crippen LogP contribution in [-0.4, -0.2) is 6.29 Å². The Hall–Kier alpha value is -2.09. The SMILES string of the molecule is Cc1ccc(Oc2ccccc2C=O)cc1. The van der Waals surface area contributed by atoms with Gasteiger partial charge < -0.3 is 4.74 Å². The Morgan fingerprint density at radius 3 is 2.38 bits per heavy atom. The van der Waals surface area contributed by atoms with Gasteiger partial charge >= 0.3 is 0 Å². The van der Waals surface area contributed by atoms with E-state index in [4.69, 9.17) is 4.74 Å². The monoisotopic (exact) mass is 212 g/mol. The van der Waals surface area contributed by atoms with Gasteiger partial charge in [-0.1, -0.05) is 29.8 Å². The smallest absolute Gasteiger partial charge is 0.153 e. The van der Waals surface area contributed by atoms with Gasteiger partial charge in [0.15, 0.2) is 6.29 Å². The van der Waals surface area contributed by atoms with Gasteiger partial charge in [0.2, 0.25) is 0 Å². The minimum Gasteiger partial charge on any atom is -0.457 e. The Kier molecular flexibility index (Phi) is 3.01. The second-order valence-electron chi connectivity index (χ2n) is 3.57. The highest BCUT2D eigenvalue weighted by Crippen LogP contribution is 2.24. The van der Waals surface area contributed by atoms with Crippen LogP contribution in [0.25, 0.3) is 0 Å². The lowest BCUT2D eigenvalue weighted by Crippen LogP contribution is -1.89. The fourth-order valence-electron chi connectivity index (χ4n) is 1.40. The van der Waals surface area contributed by atoms with Crippen molar-refractivity contribution < 1.29 is 9.53 Å². The van der Waals surface area contributed by atoms with E-state index in [1.54, 1.807) is 12.1 Å². The lowest BCUT2D eigenvalue weighted by atomic mass is 10.2. The molecular weight excluding hydrogens is 200 g/mol. The van der Waals surface area contributed by atoms with Crippen LogP contribution in [0.15, 0.2) is 48.5 Å². The highest BCUT2D eigenvalue weighted by Gasteiger charge is 2.02. The molecule has 0 saturated heterocycles. The van der Waals surface area contributed by atoms with Crippen molar-refractivity contribution >= 4 is 6.29 Å². The van der Waals surface area contributed by atoms with E-state index in [-0.39, 0.29) is 0 Å². The first-order valence-corrected chi connectivity index (χ1v) is 5.08. The highest BCUT2D eigenvalue weighted by atomic mass is 16.5. The minimum absolute atomic E-state index is 0.558. The van der Waals surface area contributed by atoms with Gasteiger partial charge in [-0.05, 0) is 31.2 Å². The van der Waals surface area contributed by atoms with Gasteiger partial charge in [-0.2, -0.15) is 0 Å². The summed E-state index contributed by atoms with van der Waals surface area (Å²) < 4.78 is 5.62.